The molecule has 0 aromatic carbocycles. The van der Waals surface area contributed by atoms with E-state index in [1.807, 2.05) is 40.6 Å². The van der Waals surface area contributed by atoms with Crippen LogP contribution in [-0.4, -0.2) is 55.6 Å². The maximum atomic E-state index is 12.9. The quantitative estimate of drug-likeness (QED) is 0.465. The van der Waals surface area contributed by atoms with Gasteiger partial charge in [0.2, 0.25) is 17.8 Å². The minimum atomic E-state index is -0.706. The fourth-order valence-corrected chi connectivity index (χ4v) is 4.14. The third kappa shape index (κ3) is 3.26. The third-order valence-electron chi connectivity index (χ3n) is 6.03. The van der Waals surface area contributed by atoms with Gasteiger partial charge in [0.05, 0.1) is 0 Å². The molecule has 1 saturated heterocycles. The summed E-state index contributed by atoms with van der Waals surface area (Å²) in [6, 6.07) is 5.89. The Bertz CT molecular complexity index is 1070. The summed E-state index contributed by atoms with van der Waals surface area (Å²) in [7, 11) is 0. The van der Waals surface area contributed by atoms with Gasteiger partial charge >= 0.3 is 0 Å². The molecule has 0 radical (unpaired) electrons. The summed E-state index contributed by atoms with van der Waals surface area (Å²) >= 11 is 0. The van der Waals surface area contributed by atoms with Crippen LogP contribution in [0, 0.1) is 0 Å². The topological polar surface area (TPSA) is 129 Å². The molecule has 10 heteroatoms. The Morgan fingerprint density at radius 2 is 2.27 bits per heavy atom. The summed E-state index contributed by atoms with van der Waals surface area (Å²) < 4.78 is 1.89. The maximum Gasteiger partial charge on any atom is 0.245 e. The standard InChI is InChI=1S/C20H27N9O/c1-20(17(30)22-9-8-21)7-3-11-29(20)19-24-16-4-2-10-28(16)18(25-19)23-15-12-14(26-27-15)13-5-6-13/h2,4,10,12-13H,3,5-9,11,21H2,1H3,(H,22,30)(H2,23,24,25,26,27)/t20-/m0/s1. The van der Waals surface area contributed by atoms with Gasteiger partial charge in [0.1, 0.15) is 11.2 Å². The van der Waals surface area contributed by atoms with Crippen LogP contribution in [0.1, 0.15) is 44.2 Å². The van der Waals surface area contributed by atoms with E-state index in [4.69, 9.17) is 15.7 Å². The van der Waals surface area contributed by atoms with E-state index in [0.717, 1.165) is 36.5 Å². The number of amides is 1. The summed E-state index contributed by atoms with van der Waals surface area (Å²) in [5.74, 6) is 2.43. The van der Waals surface area contributed by atoms with E-state index in [1.54, 1.807) is 0 Å². The van der Waals surface area contributed by atoms with Gasteiger partial charge in [0.15, 0.2) is 5.82 Å². The van der Waals surface area contributed by atoms with Crippen molar-refractivity contribution >= 4 is 29.3 Å². The maximum absolute atomic E-state index is 12.9. The molecule has 1 amide bonds. The number of rotatable bonds is 7. The van der Waals surface area contributed by atoms with Gasteiger partial charge in [-0.3, -0.25) is 14.3 Å². The van der Waals surface area contributed by atoms with Crippen LogP contribution in [0.15, 0.2) is 24.4 Å². The summed E-state index contributed by atoms with van der Waals surface area (Å²) in [5.41, 5.74) is 6.77. The van der Waals surface area contributed by atoms with Crippen LogP contribution >= 0.6 is 0 Å². The van der Waals surface area contributed by atoms with E-state index in [9.17, 15) is 4.79 Å². The minimum Gasteiger partial charge on any atom is -0.353 e. The van der Waals surface area contributed by atoms with Gasteiger partial charge in [-0.05, 0) is 44.7 Å². The molecule has 1 aliphatic heterocycles. The van der Waals surface area contributed by atoms with E-state index in [0.29, 0.717) is 30.9 Å². The molecule has 1 atom stereocenters. The summed E-state index contributed by atoms with van der Waals surface area (Å²) in [4.78, 5) is 24.4. The number of carbonyl (C=O) groups excluding carboxylic acids is 1. The Morgan fingerprint density at radius 3 is 3.07 bits per heavy atom. The molecule has 158 valence electrons. The molecule has 0 unspecified atom stereocenters. The van der Waals surface area contributed by atoms with Crippen molar-refractivity contribution < 1.29 is 4.79 Å². The monoisotopic (exact) mass is 409 g/mol. The molecule has 4 heterocycles. The SMILES string of the molecule is C[C@@]1(C(=O)NCCN)CCCN1c1nc(Nc2cc(C3CC3)[nH]n2)n2cccc2n1. The predicted octanol–water partition coefficient (Wildman–Crippen LogP) is 1.51. The molecule has 1 saturated carbocycles. The normalized spacial score (nSPS) is 21.3. The van der Waals surface area contributed by atoms with Crippen molar-refractivity contribution in [2.45, 2.75) is 44.1 Å². The number of nitrogens with one attached hydrogen (secondary N) is 3. The summed E-state index contributed by atoms with van der Waals surface area (Å²) in [5, 5.41) is 13.7. The molecule has 3 aromatic heterocycles. The Balaban J connectivity index is 1.47. The van der Waals surface area contributed by atoms with Crippen molar-refractivity contribution in [1.82, 2.24) is 29.9 Å². The van der Waals surface area contributed by atoms with Crippen LogP contribution in [0.3, 0.4) is 0 Å². The van der Waals surface area contributed by atoms with Crippen molar-refractivity contribution in [2.75, 3.05) is 29.9 Å². The Kier molecular flexibility index (Phi) is 4.58. The van der Waals surface area contributed by atoms with Crippen molar-refractivity contribution in [2.24, 2.45) is 5.73 Å². The zero-order chi connectivity index (χ0) is 20.7. The van der Waals surface area contributed by atoms with Gasteiger partial charge in [-0.1, -0.05) is 0 Å². The molecule has 5 N–H and O–H groups in total. The Morgan fingerprint density at radius 1 is 1.40 bits per heavy atom. The van der Waals surface area contributed by atoms with E-state index in [1.165, 1.54) is 12.8 Å². The van der Waals surface area contributed by atoms with Crippen LogP contribution in [0.4, 0.5) is 17.7 Å². The van der Waals surface area contributed by atoms with Gasteiger partial charge in [0.25, 0.3) is 0 Å². The Labute approximate surface area is 174 Å². The van der Waals surface area contributed by atoms with E-state index >= 15 is 0 Å². The molecule has 0 bridgehead atoms. The smallest absolute Gasteiger partial charge is 0.245 e. The van der Waals surface area contributed by atoms with Crippen LogP contribution in [0.5, 0.6) is 0 Å². The average Bonchev–Trinajstić information content (AvgIpc) is 3.13. The number of aromatic amines is 1. The predicted molar refractivity (Wildman–Crippen MR) is 114 cm³/mol. The fourth-order valence-electron chi connectivity index (χ4n) is 4.14. The van der Waals surface area contributed by atoms with Crippen LogP contribution < -0.4 is 21.3 Å². The van der Waals surface area contributed by atoms with Gasteiger partial charge in [-0.15, -0.1) is 0 Å². The lowest BCUT2D eigenvalue weighted by atomic mass is 9.98. The first-order valence-electron chi connectivity index (χ1n) is 10.5. The highest BCUT2D eigenvalue weighted by Gasteiger charge is 2.44. The van der Waals surface area contributed by atoms with E-state index in [2.05, 4.69) is 20.8 Å². The highest BCUT2D eigenvalue weighted by molar-refractivity contribution is 5.89. The number of hydrogen-bond acceptors (Lipinski definition) is 7. The van der Waals surface area contributed by atoms with E-state index in [-0.39, 0.29) is 5.91 Å². The molecule has 2 fully saturated rings. The molecular formula is C20H27N9O. The van der Waals surface area contributed by atoms with E-state index < -0.39 is 5.54 Å². The first-order valence-corrected chi connectivity index (χ1v) is 10.5. The van der Waals surface area contributed by atoms with Crippen LogP contribution in [-0.2, 0) is 4.79 Å². The van der Waals surface area contributed by atoms with Crippen LogP contribution in [0.2, 0.25) is 0 Å². The summed E-state index contributed by atoms with van der Waals surface area (Å²) in [6.45, 7) is 3.53. The molecule has 0 spiro atoms. The molecule has 3 aromatic rings. The Hall–Kier alpha value is -3.14. The molecule has 1 aliphatic carbocycles. The van der Waals surface area contributed by atoms with Gasteiger partial charge in [-0.2, -0.15) is 15.1 Å². The number of fused-ring (bicyclic) bond motifs is 1. The molecule has 2 aliphatic rings. The third-order valence-corrected chi connectivity index (χ3v) is 6.03. The van der Waals surface area contributed by atoms with Crippen molar-refractivity contribution in [3.05, 3.63) is 30.1 Å². The second kappa shape index (κ2) is 7.28. The first kappa shape index (κ1) is 18.9. The molecule has 10 nitrogen and oxygen atoms in total. The fraction of sp³-hybridized carbons (Fsp3) is 0.500. The lowest BCUT2D eigenvalue weighted by Gasteiger charge is -2.34. The largest absolute Gasteiger partial charge is 0.353 e. The summed E-state index contributed by atoms with van der Waals surface area (Å²) in [6.07, 6.45) is 5.97. The van der Waals surface area contributed by atoms with Gasteiger partial charge in [0, 0.05) is 43.5 Å². The molecule has 5 rings (SSSR count). The minimum absolute atomic E-state index is 0.0415. The second-order valence-electron chi connectivity index (χ2n) is 8.27. The highest BCUT2D eigenvalue weighted by atomic mass is 16.2. The lowest BCUT2D eigenvalue weighted by Crippen LogP contribution is -2.54. The number of carbonyl (C=O) groups is 1. The van der Waals surface area contributed by atoms with Crippen LogP contribution in [0.25, 0.3) is 5.65 Å². The molecular weight excluding hydrogens is 382 g/mol. The van der Waals surface area contributed by atoms with Crippen molar-refractivity contribution in [1.29, 1.82) is 0 Å². The molecule has 30 heavy (non-hydrogen) atoms. The first-order chi connectivity index (χ1) is 14.6. The van der Waals surface area contributed by atoms with Gasteiger partial charge < -0.3 is 21.3 Å². The number of H-pyrrole nitrogens is 1. The number of nitrogens with zero attached hydrogens (tertiary/aromatic N) is 5. The zero-order valence-electron chi connectivity index (χ0n) is 17.1. The number of anilines is 3. The highest BCUT2D eigenvalue weighted by Crippen LogP contribution is 2.40. The number of hydrogen-bond donors (Lipinski definition) is 4. The zero-order valence-corrected chi connectivity index (χ0v) is 17.1. The lowest BCUT2D eigenvalue weighted by molar-refractivity contribution is -0.125. The van der Waals surface area contributed by atoms with Crippen molar-refractivity contribution in [3.8, 4) is 0 Å². The number of aromatic nitrogens is 5. The van der Waals surface area contributed by atoms with Crippen molar-refractivity contribution in [3.63, 3.8) is 0 Å². The second-order valence-corrected chi connectivity index (χ2v) is 8.27. The number of nitrogens with two attached hydrogens (primary N) is 1. The average molecular weight is 409 g/mol. The van der Waals surface area contributed by atoms with Gasteiger partial charge in [-0.25, -0.2) is 0 Å².